The van der Waals surface area contributed by atoms with E-state index in [1.165, 1.54) is 24.4 Å². The first-order valence-electron chi connectivity index (χ1n) is 7.88. The molecule has 2 aromatic rings. The predicted molar refractivity (Wildman–Crippen MR) is 90.6 cm³/mol. The third-order valence-electron chi connectivity index (χ3n) is 4.29. The van der Waals surface area contributed by atoms with Crippen LogP contribution in [0, 0.1) is 6.92 Å². The second-order valence-electron chi connectivity index (χ2n) is 6.09. The summed E-state index contributed by atoms with van der Waals surface area (Å²) in [5.74, 6) is -0.500. The van der Waals surface area contributed by atoms with E-state index in [0.717, 1.165) is 31.5 Å². The summed E-state index contributed by atoms with van der Waals surface area (Å²) in [6.45, 7) is 4.14. The Labute approximate surface area is 141 Å². The Morgan fingerprint density at radius 2 is 1.71 bits per heavy atom. The molecule has 0 amide bonds. The van der Waals surface area contributed by atoms with E-state index in [1.54, 1.807) is 12.1 Å². The Morgan fingerprint density at radius 1 is 1.08 bits per heavy atom. The molecule has 24 heavy (non-hydrogen) atoms. The van der Waals surface area contributed by atoms with Gasteiger partial charge in [0.25, 0.3) is 10.0 Å². The maximum Gasteiger partial charge on any atom is 0.306 e. The summed E-state index contributed by atoms with van der Waals surface area (Å²) >= 11 is 0. The molecule has 2 heterocycles. The first-order chi connectivity index (χ1) is 11.4. The largest absolute Gasteiger partial charge is 0.503 e. The fourth-order valence-electron chi connectivity index (χ4n) is 2.87. The number of hydrogen-bond acceptors (Lipinski definition) is 5. The van der Waals surface area contributed by atoms with Gasteiger partial charge in [-0.1, -0.05) is 17.7 Å². The summed E-state index contributed by atoms with van der Waals surface area (Å²) < 4.78 is 25.8. The number of nitrogens with zero attached hydrogens (tertiary/aromatic N) is 2. The molecule has 0 atom stereocenters. The molecule has 6 nitrogen and oxygen atoms in total. The highest BCUT2D eigenvalue weighted by atomic mass is 32.2. The van der Waals surface area contributed by atoms with Gasteiger partial charge in [0.05, 0.1) is 4.90 Å². The van der Waals surface area contributed by atoms with Crippen molar-refractivity contribution in [3.63, 3.8) is 0 Å². The van der Waals surface area contributed by atoms with E-state index >= 15 is 0 Å². The van der Waals surface area contributed by atoms with Crippen molar-refractivity contribution in [1.29, 1.82) is 0 Å². The second kappa shape index (κ2) is 6.41. The molecule has 1 saturated heterocycles. The maximum atomic E-state index is 12.6. The zero-order chi connectivity index (χ0) is 17.3. The van der Waals surface area contributed by atoms with Crippen LogP contribution < -0.4 is 5.56 Å². The molecule has 1 aromatic heterocycles. The minimum atomic E-state index is -4.02. The lowest BCUT2D eigenvalue weighted by molar-refractivity contribution is 0.323. The van der Waals surface area contributed by atoms with Crippen LogP contribution in [0.25, 0.3) is 0 Å². The van der Waals surface area contributed by atoms with Crippen molar-refractivity contribution in [3.05, 3.63) is 58.0 Å². The minimum Gasteiger partial charge on any atom is -0.503 e. The molecule has 7 heteroatoms. The lowest BCUT2D eigenvalue weighted by atomic mass is 10.2. The first-order valence-corrected chi connectivity index (χ1v) is 9.32. The van der Waals surface area contributed by atoms with Crippen LogP contribution in [0.2, 0.25) is 0 Å². The lowest BCUT2D eigenvalue weighted by Crippen LogP contribution is -2.28. The number of rotatable bonds is 4. The highest BCUT2D eigenvalue weighted by Gasteiger charge is 2.22. The topological polar surface area (TPSA) is 79.6 Å². The van der Waals surface area contributed by atoms with Crippen molar-refractivity contribution in [2.45, 2.75) is 31.2 Å². The van der Waals surface area contributed by atoms with Crippen LogP contribution in [0.4, 0.5) is 0 Å². The van der Waals surface area contributed by atoms with Crippen LogP contribution in [0.3, 0.4) is 0 Å². The smallest absolute Gasteiger partial charge is 0.306 e. The Morgan fingerprint density at radius 3 is 2.33 bits per heavy atom. The number of aromatic nitrogens is 1. The fourth-order valence-corrected chi connectivity index (χ4v) is 4.10. The van der Waals surface area contributed by atoms with Gasteiger partial charge in [0.1, 0.15) is 0 Å². The van der Waals surface area contributed by atoms with E-state index in [-0.39, 0.29) is 4.90 Å². The van der Waals surface area contributed by atoms with Gasteiger partial charge >= 0.3 is 5.56 Å². The quantitative estimate of drug-likeness (QED) is 0.910. The molecular weight excluding hydrogens is 328 g/mol. The Kier molecular flexibility index (Phi) is 4.47. The van der Waals surface area contributed by atoms with Crippen LogP contribution in [-0.4, -0.2) is 35.5 Å². The standard InChI is InChI=1S/C17H20N2O4S/c1-13-4-6-15(7-5-13)24(22,23)19-11-8-14(16(20)17(19)21)12-18-9-2-3-10-18/h4-8,11,20H,2-3,9-10,12H2,1H3. The average Bonchev–Trinajstić information content (AvgIpc) is 3.05. The zero-order valence-electron chi connectivity index (χ0n) is 13.5. The van der Waals surface area contributed by atoms with E-state index < -0.39 is 21.3 Å². The fraction of sp³-hybridized carbons (Fsp3) is 0.353. The molecule has 0 aliphatic carbocycles. The Balaban J connectivity index is 1.98. The lowest BCUT2D eigenvalue weighted by Gasteiger charge is -2.16. The number of aromatic hydroxyl groups is 1. The summed E-state index contributed by atoms with van der Waals surface area (Å²) in [4.78, 5) is 14.5. The summed E-state index contributed by atoms with van der Waals surface area (Å²) in [6, 6.07) is 7.73. The average molecular weight is 348 g/mol. The van der Waals surface area contributed by atoms with Gasteiger partial charge in [-0.05, 0) is 51.1 Å². The van der Waals surface area contributed by atoms with Gasteiger partial charge in [-0.3, -0.25) is 9.69 Å². The van der Waals surface area contributed by atoms with Crippen molar-refractivity contribution in [2.24, 2.45) is 0 Å². The summed E-state index contributed by atoms with van der Waals surface area (Å²) in [5, 5.41) is 10.2. The molecule has 128 valence electrons. The summed E-state index contributed by atoms with van der Waals surface area (Å²) in [6.07, 6.45) is 3.42. The van der Waals surface area contributed by atoms with E-state index in [0.29, 0.717) is 16.1 Å². The van der Waals surface area contributed by atoms with E-state index in [4.69, 9.17) is 0 Å². The Hall–Kier alpha value is -2.12. The molecule has 3 rings (SSSR count). The highest BCUT2D eigenvalue weighted by Crippen LogP contribution is 2.19. The van der Waals surface area contributed by atoms with Crippen LogP contribution in [0.5, 0.6) is 5.75 Å². The van der Waals surface area contributed by atoms with Crippen molar-refractivity contribution >= 4 is 10.0 Å². The first kappa shape index (κ1) is 16.7. The highest BCUT2D eigenvalue weighted by molar-refractivity contribution is 7.90. The van der Waals surface area contributed by atoms with Crippen molar-refractivity contribution in [1.82, 2.24) is 8.87 Å². The normalized spacial score (nSPS) is 15.7. The molecule has 0 radical (unpaired) electrons. The number of likely N-dealkylation sites (tertiary alicyclic amines) is 1. The monoisotopic (exact) mass is 348 g/mol. The van der Waals surface area contributed by atoms with Crippen LogP contribution in [0.1, 0.15) is 24.0 Å². The maximum absolute atomic E-state index is 12.6. The molecule has 0 unspecified atom stereocenters. The molecule has 0 saturated carbocycles. The van der Waals surface area contributed by atoms with Crippen LogP contribution >= 0.6 is 0 Å². The van der Waals surface area contributed by atoms with Gasteiger partial charge < -0.3 is 5.11 Å². The number of pyridine rings is 1. The molecular formula is C17H20N2O4S. The van der Waals surface area contributed by atoms with E-state index in [1.807, 2.05) is 6.92 Å². The molecule has 1 aromatic carbocycles. The number of hydrogen-bond donors (Lipinski definition) is 1. The second-order valence-corrected chi connectivity index (χ2v) is 7.91. The van der Waals surface area contributed by atoms with E-state index in [9.17, 15) is 18.3 Å². The van der Waals surface area contributed by atoms with Crippen molar-refractivity contribution in [2.75, 3.05) is 13.1 Å². The van der Waals surface area contributed by atoms with Crippen molar-refractivity contribution in [3.8, 4) is 5.75 Å². The van der Waals surface area contributed by atoms with Crippen molar-refractivity contribution < 1.29 is 13.5 Å². The van der Waals surface area contributed by atoms with E-state index in [2.05, 4.69) is 4.90 Å². The van der Waals surface area contributed by atoms with Gasteiger partial charge in [0, 0.05) is 18.3 Å². The summed E-state index contributed by atoms with van der Waals surface area (Å²) in [5.41, 5.74) is 0.467. The van der Waals surface area contributed by atoms with Crippen LogP contribution in [-0.2, 0) is 16.6 Å². The van der Waals surface area contributed by atoms with Gasteiger partial charge in [-0.2, -0.15) is 0 Å². The van der Waals surface area contributed by atoms with Gasteiger partial charge in [-0.25, -0.2) is 12.4 Å². The number of benzene rings is 1. The molecule has 0 bridgehead atoms. The summed E-state index contributed by atoms with van der Waals surface area (Å²) in [7, 11) is -4.02. The predicted octanol–water partition coefficient (Wildman–Crippen LogP) is 1.70. The molecule has 1 aliphatic heterocycles. The molecule has 1 aliphatic rings. The molecule has 0 spiro atoms. The zero-order valence-corrected chi connectivity index (χ0v) is 14.3. The molecule has 1 fully saturated rings. The molecule has 1 N–H and O–H groups in total. The van der Waals surface area contributed by atoms with Gasteiger partial charge in [0.15, 0.2) is 5.75 Å². The minimum absolute atomic E-state index is 0.0156. The number of aryl methyl sites for hydroxylation is 1. The third-order valence-corrected chi connectivity index (χ3v) is 5.96. The SMILES string of the molecule is Cc1ccc(S(=O)(=O)n2ccc(CN3CCCC3)c(O)c2=O)cc1. The van der Waals surface area contributed by atoms with Gasteiger partial charge in [0.2, 0.25) is 0 Å². The third kappa shape index (κ3) is 3.09. The van der Waals surface area contributed by atoms with Crippen LogP contribution in [0.15, 0.2) is 46.2 Å². The Bertz CT molecular complexity index is 895. The van der Waals surface area contributed by atoms with Gasteiger partial charge in [-0.15, -0.1) is 0 Å².